The number of hydrogen-bond donors (Lipinski definition) is 0. The number of rotatable bonds is 5. The number of aryl methyl sites for hydroxylation is 4. The van der Waals surface area contributed by atoms with Gasteiger partial charge in [0.25, 0.3) is 0 Å². The van der Waals surface area contributed by atoms with Crippen LogP contribution >= 0.6 is 19.6 Å². The van der Waals surface area contributed by atoms with E-state index in [9.17, 15) is 0 Å². The molecule has 0 N–H and O–H groups in total. The van der Waals surface area contributed by atoms with E-state index in [2.05, 4.69) is 84.9 Å². The van der Waals surface area contributed by atoms with Crippen molar-refractivity contribution in [3.63, 3.8) is 0 Å². The standard InChI is InChI=1S/2C8H10O.C4H10P.ClH.Cr/c2*1-6-3-4-8(9)7(2)5-6;1-4(2,3)5;;/h2*3-5,9H,1-2H3;5H,1-3H3;1H;/q;;-1;;+3/p-2. The summed E-state index contributed by atoms with van der Waals surface area (Å²) in [4.78, 5) is 0. The molecule has 1 unspecified atom stereocenters. The summed E-state index contributed by atoms with van der Waals surface area (Å²) in [7, 11) is 0.652. The Morgan fingerprint density at radius 3 is 1.48 bits per heavy atom. The van der Waals surface area contributed by atoms with Crippen molar-refractivity contribution in [2.24, 2.45) is 0 Å². The van der Waals surface area contributed by atoms with Crippen molar-refractivity contribution < 1.29 is 21.9 Å². The molecular formula is C20H29ClCrO2P. The average molecular weight is 420 g/mol. The first-order valence-corrected chi connectivity index (χ1v) is 12.0. The van der Waals surface area contributed by atoms with E-state index < -0.39 is 14.4 Å². The maximum absolute atomic E-state index is 6.38. The van der Waals surface area contributed by atoms with Gasteiger partial charge < -0.3 is 0 Å². The molecule has 0 amide bonds. The molecule has 0 radical (unpaired) electrons. The quantitative estimate of drug-likeness (QED) is 0.506. The first kappa shape index (κ1) is 22.3. The molecule has 0 saturated heterocycles. The van der Waals surface area contributed by atoms with Gasteiger partial charge in [-0.2, -0.15) is 0 Å². The first-order valence-electron chi connectivity index (χ1n) is 8.17. The van der Waals surface area contributed by atoms with Gasteiger partial charge in [0.1, 0.15) is 0 Å². The van der Waals surface area contributed by atoms with Gasteiger partial charge in [0.15, 0.2) is 0 Å². The minimum atomic E-state index is -1.71. The molecule has 1 atom stereocenters. The Morgan fingerprint density at radius 2 is 1.16 bits per heavy atom. The molecular weight excluding hydrogens is 391 g/mol. The van der Waals surface area contributed by atoms with E-state index in [-0.39, 0.29) is 17.6 Å². The second kappa shape index (κ2) is 9.29. The molecule has 25 heavy (non-hydrogen) atoms. The van der Waals surface area contributed by atoms with Crippen LogP contribution in [-0.2, 0) is 14.4 Å². The van der Waals surface area contributed by atoms with Crippen LogP contribution in [0.15, 0.2) is 36.4 Å². The molecule has 0 aromatic heterocycles. The molecule has 0 aliphatic rings. The third-order valence-electron chi connectivity index (χ3n) is 3.38. The van der Waals surface area contributed by atoms with E-state index in [1.54, 1.807) is 0 Å². The van der Waals surface area contributed by atoms with Crippen LogP contribution < -0.4 is 7.58 Å². The van der Waals surface area contributed by atoms with E-state index in [1.807, 2.05) is 0 Å². The summed E-state index contributed by atoms with van der Waals surface area (Å²) in [6, 6.07) is 12.7. The van der Waals surface area contributed by atoms with E-state index >= 15 is 0 Å². The Bertz CT molecular complexity index is 660. The van der Waals surface area contributed by atoms with E-state index in [0.29, 0.717) is 7.23 Å². The van der Waals surface area contributed by atoms with E-state index in [1.165, 1.54) is 22.3 Å². The van der Waals surface area contributed by atoms with Gasteiger partial charge >= 0.3 is 153 Å². The Labute approximate surface area is 165 Å². The zero-order chi connectivity index (χ0) is 17.9. The van der Waals surface area contributed by atoms with Gasteiger partial charge in [-0.3, -0.25) is 0 Å². The van der Waals surface area contributed by atoms with Gasteiger partial charge in [-0.25, -0.2) is 0 Å². The molecule has 2 rings (SSSR count). The number of hydrogen-bond acceptors (Lipinski definition) is 2. The largest absolute Gasteiger partial charge is 0.147 e. The summed E-state index contributed by atoms with van der Waals surface area (Å²) in [5.74, 6) is 1.90. The molecule has 2 aromatic carbocycles. The van der Waals surface area contributed by atoms with Crippen molar-refractivity contribution in [2.45, 2.75) is 53.6 Å². The van der Waals surface area contributed by atoms with Crippen molar-refractivity contribution in [3.05, 3.63) is 58.7 Å². The van der Waals surface area contributed by atoms with Crippen LogP contribution in [-0.4, -0.2) is 5.16 Å². The summed E-state index contributed by atoms with van der Waals surface area (Å²) < 4.78 is 12.8. The topological polar surface area (TPSA) is 18.5 Å². The molecule has 0 fully saturated rings. The first-order chi connectivity index (χ1) is 11.1. The van der Waals surface area contributed by atoms with E-state index in [4.69, 9.17) is 7.58 Å². The van der Waals surface area contributed by atoms with Crippen LogP contribution in [0.3, 0.4) is 0 Å². The van der Waals surface area contributed by atoms with Crippen LogP contribution in [0, 0.1) is 27.7 Å². The van der Waals surface area contributed by atoms with Crippen molar-refractivity contribution in [1.82, 2.24) is 0 Å². The summed E-state index contributed by atoms with van der Waals surface area (Å²) in [5.41, 5.74) is 4.85. The summed E-state index contributed by atoms with van der Waals surface area (Å²) in [5, 5.41) is 0.196. The number of halogens is 1. The minimum Gasteiger partial charge on any atom is -0.147 e. The predicted molar refractivity (Wildman–Crippen MR) is 108 cm³/mol. The fourth-order valence-corrected chi connectivity index (χ4v) is 7.46. The summed E-state index contributed by atoms with van der Waals surface area (Å²) in [6.07, 6.45) is 0. The van der Waals surface area contributed by atoms with Gasteiger partial charge in [-0.05, 0) is 0 Å². The fourth-order valence-electron chi connectivity index (χ4n) is 2.26. The Hall–Kier alpha value is -0.708. The maximum Gasteiger partial charge on any atom is -0.147 e. The number of benzene rings is 2. The van der Waals surface area contributed by atoms with Crippen molar-refractivity contribution in [3.8, 4) is 11.5 Å². The van der Waals surface area contributed by atoms with Crippen LogP contribution in [0.4, 0.5) is 0 Å². The molecule has 0 spiro atoms. The Morgan fingerprint density at radius 1 is 0.760 bits per heavy atom. The summed E-state index contributed by atoms with van der Waals surface area (Å²) in [6.45, 7) is 15.2. The van der Waals surface area contributed by atoms with Crippen molar-refractivity contribution in [2.75, 3.05) is 0 Å². The Balaban J connectivity index is 0.00000312. The normalized spacial score (nSPS) is 11.7. The molecule has 0 saturated carbocycles. The van der Waals surface area contributed by atoms with E-state index in [0.717, 1.165) is 11.5 Å². The molecule has 2 aromatic rings. The van der Waals surface area contributed by atoms with Crippen molar-refractivity contribution >= 4 is 19.6 Å². The molecule has 5 heteroatoms. The summed E-state index contributed by atoms with van der Waals surface area (Å²) >= 11 is -1.71. The molecule has 0 aliphatic heterocycles. The SMILES string of the molecule is Cc1ccc([O][Cr]([O]c2ccc(C)cc2C)[PH]C(C)(C)C)c(C)c1.Cl. The van der Waals surface area contributed by atoms with Gasteiger partial charge in [-0.1, -0.05) is 0 Å². The average Bonchev–Trinajstić information content (AvgIpc) is 2.43. The monoisotopic (exact) mass is 419 g/mol. The third-order valence-corrected chi connectivity index (χ3v) is 9.53. The second-order valence-electron chi connectivity index (χ2n) is 7.29. The van der Waals surface area contributed by atoms with Crippen molar-refractivity contribution in [1.29, 1.82) is 0 Å². The van der Waals surface area contributed by atoms with Gasteiger partial charge in [-0.15, -0.1) is 12.4 Å². The molecule has 2 nitrogen and oxygen atoms in total. The van der Waals surface area contributed by atoms with Crippen LogP contribution in [0.25, 0.3) is 0 Å². The fraction of sp³-hybridized carbons (Fsp3) is 0.400. The maximum atomic E-state index is 6.38. The van der Waals surface area contributed by atoms with Crippen LogP contribution in [0.2, 0.25) is 0 Å². The molecule has 0 aliphatic carbocycles. The second-order valence-corrected chi connectivity index (χ2v) is 12.6. The zero-order valence-corrected chi connectivity index (χ0v) is 19.2. The van der Waals surface area contributed by atoms with Gasteiger partial charge in [0.05, 0.1) is 0 Å². The zero-order valence-electron chi connectivity index (χ0n) is 16.1. The molecule has 0 heterocycles. The van der Waals surface area contributed by atoms with Crippen LogP contribution in [0.1, 0.15) is 43.0 Å². The third kappa shape index (κ3) is 7.20. The smallest absolute Gasteiger partial charge is 0.147 e. The minimum absolute atomic E-state index is 0. The Kier molecular flexibility index (Phi) is 8.30. The predicted octanol–water partition coefficient (Wildman–Crippen LogP) is 6.64. The van der Waals surface area contributed by atoms with Crippen LogP contribution in [0.5, 0.6) is 11.5 Å². The van der Waals surface area contributed by atoms with Gasteiger partial charge in [0, 0.05) is 0 Å². The molecule has 139 valence electrons. The van der Waals surface area contributed by atoms with Gasteiger partial charge in [0.2, 0.25) is 0 Å². The molecule has 0 bridgehead atoms.